The molecule has 19 heavy (non-hydrogen) atoms. The van der Waals surface area contributed by atoms with Crippen LogP contribution in [0, 0.1) is 13.8 Å². The molecule has 2 aromatic rings. The average molecular weight is 312 g/mol. The van der Waals surface area contributed by atoms with Gasteiger partial charge in [-0.1, -0.05) is 0 Å². The smallest absolute Gasteiger partial charge is 0.138 e. The highest BCUT2D eigenvalue weighted by Gasteiger charge is 2.16. The molecular formula is C13H17N3S3. The molecule has 0 radical (unpaired) electrons. The first-order chi connectivity index (χ1) is 9.24. The van der Waals surface area contributed by atoms with E-state index in [0.717, 1.165) is 23.0 Å². The highest BCUT2D eigenvalue weighted by Crippen LogP contribution is 2.30. The Labute approximate surface area is 126 Å². The second-order valence-electron chi connectivity index (χ2n) is 4.67. The third-order valence-electron chi connectivity index (χ3n) is 3.11. The maximum atomic E-state index is 4.59. The Hall–Kier alpha value is -0.460. The maximum absolute atomic E-state index is 4.59. The van der Waals surface area contributed by atoms with Gasteiger partial charge in [0.15, 0.2) is 0 Å². The van der Waals surface area contributed by atoms with Gasteiger partial charge >= 0.3 is 0 Å². The van der Waals surface area contributed by atoms with E-state index in [2.05, 4.69) is 51.1 Å². The quantitative estimate of drug-likeness (QED) is 0.938. The predicted molar refractivity (Wildman–Crippen MR) is 88.9 cm³/mol. The van der Waals surface area contributed by atoms with Crippen LogP contribution in [0.2, 0.25) is 0 Å². The summed E-state index contributed by atoms with van der Waals surface area (Å²) in [5.41, 5.74) is 1.27. The number of thiophene rings is 1. The molecule has 3 heterocycles. The number of aryl methyl sites for hydroxylation is 2. The minimum Gasteiger partial charge on any atom is -0.368 e. The van der Waals surface area contributed by atoms with Crippen molar-refractivity contribution in [1.82, 2.24) is 9.97 Å². The Balaban J connectivity index is 1.81. The SMILES string of the molecule is Cc1nc(NCC2CSCCS2)c2c(C)csc2n1. The third kappa shape index (κ3) is 3.01. The van der Waals surface area contributed by atoms with Gasteiger partial charge in [0.05, 0.1) is 5.39 Å². The summed E-state index contributed by atoms with van der Waals surface area (Å²) in [5.74, 6) is 5.67. The molecule has 6 heteroatoms. The van der Waals surface area contributed by atoms with E-state index in [1.807, 2.05) is 6.92 Å². The molecule has 0 amide bonds. The van der Waals surface area contributed by atoms with Crippen LogP contribution in [0.5, 0.6) is 0 Å². The Morgan fingerprint density at radius 3 is 3.00 bits per heavy atom. The first-order valence-corrected chi connectivity index (χ1v) is 9.48. The highest BCUT2D eigenvalue weighted by atomic mass is 32.2. The molecule has 0 aliphatic carbocycles. The molecule has 1 aliphatic rings. The number of thioether (sulfide) groups is 2. The number of hydrogen-bond acceptors (Lipinski definition) is 6. The van der Waals surface area contributed by atoms with Crippen LogP contribution in [0.3, 0.4) is 0 Å². The molecule has 1 saturated heterocycles. The number of rotatable bonds is 3. The number of hydrogen-bond donors (Lipinski definition) is 1. The largest absolute Gasteiger partial charge is 0.368 e. The number of anilines is 1. The standard InChI is InChI=1S/C13H17N3S3/c1-8-6-19-13-11(8)12(15-9(2)16-13)14-5-10-7-17-3-4-18-10/h6,10H,3-5,7H2,1-2H3,(H,14,15,16). The number of nitrogens with zero attached hydrogens (tertiary/aromatic N) is 2. The monoisotopic (exact) mass is 311 g/mol. The normalized spacial score (nSPS) is 19.8. The fourth-order valence-electron chi connectivity index (χ4n) is 2.18. The van der Waals surface area contributed by atoms with Gasteiger partial charge in [-0.3, -0.25) is 0 Å². The van der Waals surface area contributed by atoms with E-state index in [1.165, 1.54) is 28.2 Å². The van der Waals surface area contributed by atoms with Crippen LogP contribution in [0.25, 0.3) is 10.2 Å². The van der Waals surface area contributed by atoms with E-state index >= 15 is 0 Å². The van der Waals surface area contributed by atoms with E-state index in [9.17, 15) is 0 Å². The van der Waals surface area contributed by atoms with E-state index < -0.39 is 0 Å². The Morgan fingerprint density at radius 1 is 1.32 bits per heavy atom. The molecule has 0 aromatic carbocycles. The van der Waals surface area contributed by atoms with Crippen molar-refractivity contribution in [2.45, 2.75) is 19.1 Å². The van der Waals surface area contributed by atoms with Crippen molar-refractivity contribution in [2.75, 3.05) is 29.1 Å². The van der Waals surface area contributed by atoms with Gasteiger partial charge in [0, 0.05) is 29.1 Å². The number of fused-ring (bicyclic) bond motifs is 1. The molecule has 1 N–H and O–H groups in total. The van der Waals surface area contributed by atoms with Crippen molar-refractivity contribution >= 4 is 50.9 Å². The zero-order valence-corrected chi connectivity index (χ0v) is 13.6. The molecule has 2 aromatic heterocycles. The molecule has 3 nitrogen and oxygen atoms in total. The first-order valence-electron chi connectivity index (χ1n) is 6.39. The Kier molecular flexibility index (Phi) is 4.19. The second kappa shape index (κ2) is 5.89. The van der Waals surface area contributed by atoms with Crippen LogP contribution >= 0.6 is 34.9 Å². The fourth-order valence-corrected chi connectivity index (χ4v) is 5.76. The van der Waals surface area contributed by atoms with Crippen LogP contribution in [0.1, 0.15) is 11.4 Å². The highest BCUT2D eigenvalue weighted by molar-refractivity contribution is 8.06. The molecule has 1 unspecified atom stereocenters. The summed E-state index contributed by atoms with van der Waals surface area (Å²) in [6.45, 7) is 5.09. The molecule has 0 saturated carbocycles. The van der Waals surface area contributed by atoms with Gasteiger partial charge in [-0.05, 0) is 24.8 Å². The summed E-state index contributed by atoms with van der Waals surface area (Å²) >= 11 is 5.84. The van der Waals surface area contributed by atoms with Gasteiger partial charge in [-0.15, -0.1) is 11.3 Å². The van der Waals surface area contributed by atoms with Gasteiger partial charge in [0.2, 0.25) is 0 Å². The van der Waals surface area contributed by atoms with E-state index in [4.69, 9.17) is 0 Å². The predicted octanol–water partition coefficient (Wildman–Crippen LogP) is 3.57. The van der Waals surface area contributed by atoms with E-state index in [1.54, 1.807) is 11.3 Å². The molecule has 0 spiro atoms. The molecule has 0 bridgehead atoms. The zero-order chi connectivity index (χ0) is 13.2. The van der Waals surface area contributed by atoms with E-state index in [0.29, 0.717) is 5.25 Å². The van der Waals surface area contributed by atoms with Crippen molar-refractivity contribution in [3.8, 4) is 0 Å². The van der Waals surface area contributed by atoms with Crippen LogP contribution in [-0.4, -0.2) is 39.0 Å². The van der Waals surface area contributed by atoms with Crippen LogP contribution in [-0.2, 0) is 0 Å². The summed E-state index contributed by atoms with van der Waals surface area (Å²) in [6, 6.07) is 0. The topological polar surface area (TPSA) is 37.8 Å². The lowest BCUT2D eigenvalue weighted by Gasteiger charge is -2.21. The molecule has 102 valence electrons. The van der Waals surface area contributed by atoms with Crippen molar-refractivity contribution in [3.05, 3.63) is 16.8 Å². The lowest BCUT2D eigenvalue weighted by atomic mass is 10.2. The molecule has 3 rings (SSSR count). The third-order valence-corrected chi connectivity index (χ3v) is 6.95. The Bertz CT molecular complexity index is 576. The van der Waals surface area contributed by atoms with Gasteiger partial charge in [-0.2, -0.15) is 23.5 Å². The molecular weight excluding hydrogens is 294 g/mol. The summed E-state index contributed by atoms with van der Waals surface area (Å²) in [6.07, 6.45) is 0. The van der Waals surface area contributed by atoms with Gasteiger partial charge in [0.25, 0.3) is 0 Å². The number of aromatic nitrogens is 2. The summed E-state index contributed by atoms with van der Waals surface area (Å²) in [4.78, 5) is 10.2. The summed E-state index contributed by atoms with van der Waals surface area (Å²) in [7, 11) is 0. The van der Waals surface area contributed by atoms with Gasteiger partial charge in [0.1, 0.15) is 16.5 Å². The number of nitrogens with one attached hydrogen (secondary N) is 1. The van der Waals surface area contributed by atoms with Crippen LogP contribution in [0.4, 0.5) is 5.82 Å². The summed E-state index contributed by atoms with van der Waals surface area (Å²) in [5, 5.41) is 7.60. The first kappa shape index (κ1) is 13.5. The van der Waals surface area contributed by atoms with Crippen molar-refractivity contribution in [1.29, 1.82) is 0 Å². The van der Waals surface area contributed by atoms with Gasteiger partial charge in [-0.25, -0.2) is 9.97 Å². The zero-order valence-electron chi connectivity index (χ0n) is 11.1. The van der Waals surface area contributed by atoms with Crippen LogP contribution < -0.4 is 5.32 Å². The van der Waals surface area contributed by atoms with Crippen molar-refractivity contribution in [3.63, 3.8) is 0 Å². The maximum Gasteiger partial charge on any atom is 0.138 e. The van der Waals surface area contributed by atoms with Crippen molar-refractivity contribution < 1.29 is 0 Å². The minimum atomic E-state index is 0.697. The van der Waals surface area contributed by atoms with E-state index in [-0.39, 0.29) is 0 Å². The Morgan fingerprint density at radius 2 is 2.21 bits per heavy atom. The average Bonchev–Trinajstić information content (AvgIpc) is 2.79. The molecule has 1 atom stereocenters. The van der Waals surface area contributed by atoms with Gasteiger partial charge < -0.3 is 5.32 Å². The lowest BCUT2D eigenvalue weighted by Crippen LogP contribution is -2.23. The second-order valence-corrected chi connectivity index (χ2v) is 8.08. The molecule has 1 aliphatic heterocycles. The van der Waals surface area contributed by atoms with Crippen molar-refractivity contribution in [2.24, 2.45) is 0 Å². The van der Waals surface area contributed by atoms with Crippen LogP contribution in [0.15, 0.2) is 5.38 Å². The summed E-state index contributed by atoms with van der Waals surface area (Å²) < 4.78 is 0. The minimum absolute atomic E-state index is 0.697. The molecule has 1 fully saturated rings. The lowest BCUT2D eigenvalue weighted by molar-refractivity contribution is 0.984. The fraction of sp³-hybridized carbons (Fsp3) is 0.538.